The first-order valence-electron chi connectivity index (χ1n) is 9.98. The molecule has 2 N–H and O–H groups in total. The number of para-hydroxylation sites is 1. The van der Waals surface area contributed by atoms with Crippen molar-refractivity contribution >= 4 is 28.3 Å². The van der Waals surface area contributed by atoms with E-state index in [-0.39, 0.29) is 0 Å². The molecule has 5 rings (SSSR count). The van der Waals surface area contributed by atoms with Crippen LogP contribution in [-0.4, -0.2) is 49.4 Å². The smallest absolute Gasteiger partial charge is 0.405 e. The molecule has 0 atom stereocenters. The Bertz CT molecular complexity index is 1240. The number of anilines is 1. The predicted octanol–water partition coefficient (Wildman–Crippen LogP) is 3.57. The summed E-state index contributed by atoms with van der Waals surface area (Å²) < 4.78 is 1.93. The Balaban J connectivity index is 1.51. The normalized spacial score (nSPS) is 16.1. The molecule has 1 amide bonds. The fourth-order valence-electron chi connectivity index (χ4n) is 4.15. The maximum Gasteiger partial charge on any atom is 0.405 e. The second-order valence-corrected chi connectivity index (χ2v) is 7.98. The standard InChI is InChI=1S/C22H22N6O2/c1-22(24-21(29)30)10-13-27(14-11-22)17-6-4-5-15-8-9-16(23-19(15)17)20-26-25-18-7-2-3-12-28(18)20/h2-9,12,24H,10-11,13-14H2,1H3,(H,29,30). The quantitative estimate of drug-likeness (QED) is 0.544. The molecule has 8 heteroatoms. The molecule has 1 saturated heterocycles. The zero-order chi connectivity index (χ0) is 20.7. The van der Waals surface area contributed by atoms with Crippen molar-refractivity contribution in [2.75, 3.05) is 18.0 Å². The van der Waals surface area contributed by atoms with Crippen LogP contribution in [0.15, 0.2) is 54.7 Å². The first-order chi connectivity index (χ1) is 14.5. The lowest BCUT2D eigenvalue weighted by atomic mass is 9.89. The number of aromatic nitrogens is 4. The monoisotopic (exact) mass is 402 g/mol. The van der Waals surface area contributed by atoms with Crippen molar-refractivity contribution in [2.45, 2.75) is 25.3 Å². The van der Waals surface area contributed by atoms with E-state index in [0.29, 0.717) is 5.82 Å². The largest absolute Gasteiger partial charge is 0.465 e. The molecule has 1 aromatic carbocycles. The summed E-state index contributed by atoms with van der Waals surface area (Å²) in [6.45, 7) is 3.49. The minimum Gasteiger partial charge on any atom is -0.465 e. The van der Waals surface area contributed by atoms with Crippen molar-refractivity contribution in [3.63, 3.8) is 0 Å². The number of fused-ring (bicyclic) bond motifs is 2. The molecule has 1 aliphatic rings. The maximum atomic E-state index is 11.1. The SMILES string of the molecule is CC1(NC(=O)O)CCN(c2cccc3ccc(-c4nnc5ccccn45)nc23)CC1. The van der Waals surface area contributed by atoms with Gasteiger partial charge in [-0.25, -0.2) is 9.78 Å². The van der Waals surface area contributed by atoms with E-state index in [1.54, 1.807) is 0 Å². The Morgan fingerprint density at radius 3 is 2.70 bits per heavy atom. The van der Waals surface area contributed by atoms with E-state index < -0.39 is 11.6 Å². The summed E-state index contributed by atoms with van der Waals surface area (Å²) in [6.07, 6.45) is 2.44. The molecule has 152 valence electrons. The predicted molar refractivity (Wildman–Crippen MR) is 115 cm³/mol. The molecule has 0 bridgehead atoms. The molecule has 1 aliphatic heterocycles. The zero-order valence-corrected chi connectivity index (χ0v) is 16.6. The summed E-state index contributed by atoms with van der Waals surface area (Å²) in [5.41, 5.74) is 3.12. The molecule has 0 saturated carbocycles. The van der Waals surface area contributed by atoms with Gasteiger partial charge in [0.25, 0.3) is 0 Å². The van der Waals surface area contributed by atoms with Crippen molar-refractivity contribution in [2.24, 2.45) is 0 Å². The van der Waals surface area contributed by atoms with Crippen LogP contribution in [0.2, 0.25) is 0 Å². The average Bonchev–Trinajstić information content (AvgIpc) is 3.17. The third-order valence-corrected chi connectivity index (χ3v) is 5.86. The second kappa shape index (κ2) is 6.98. The summed E-state index contributed by atoms with van der Waals surface area (Å²) in [5, 5.41) is 21.4. The number of rotatable bonds is 3. The van der Waals surface area contributed by atoms with Crippen LogP contribution in [0.1, 0.15) is 19.8 Å². The summed E-state index contributed by atoms with van der Waals surface area (Å²) >= 11 is 0. The Hall–Kier alpha value is -3.68. The summed E-state index contributed by atoms with van der Waals surface area (Å²) in [4.78, 5) is 18.3. The molecular formula is C22H22N6O2. The van der Waals surface area contributed by atoms with Gasteiger partial charge in [-0.3, -0.25) is 4.40 Å². The van der Waals surface area contributed by atoms with E-state index in [4.69, 9.17) is 10.1 Å². The van der Waals surface area contributed by atoms with Crippen molar-refractivity contribution < 1.29 is 9.90 Å². The number of hydrogen-bond acceptors (Lipinski definition) is 5. The molecule has 4 heterocycles. The van der Waals surface area contributed by atoms with Gasteiger partial charge in [0.05, 0.1) is 11.2 Å². The highest BCUT2D eigenvalue weighted by Crippen LogP contribution is 2.32. The van der Waals surface area contributed by atoms with Gasteiger partial charge in [-0.15, -0.1) is 10.2 Å². The van der Waals surface area contributed by atoms with Crippen molar-refractivity contribution in [1.29, 1.82) is 0 Å². The lowest BCUT2D eigenvalue weighted by molar-refractivity contribution is 0.173. The van der Waals surface area contributed by atoms with Gasteiger partial charge in [0.15, 0.2) is 11.5 Å². The molecule has 3 aromatic heterocycles. The summed E-state index contributed by atoms with van der Waals surface area (Å²) in [6, 6.07) is 16.0. The van der Waals surface area contributed by atoms with Crippen molar-refractivity contribution in [3.8, 4) is 11.5 Å². The molecule has 4 aromatic rings. The third kappa shape index (κ3) is 3.20. The van der Waals surface area contributed by atoms with Crippen LogP contribution in [0.25, 0.3) is 28.1 Å². The van der Waals surface area contributed by atoms with Gasteiger partial charge >= 0.3 is 6.09 Å². The van der Waals surface area contributed by atoms with Crippen LogP contribution in [0, 0.1) is 0 Å². The lowest BCUT2D eigenvalue weighted by Gasteiger charge is -2.40. The fourth-order valence-corrected chi connectivity index (χ4v) is 4.15. The minimum atomic E-state index is -0.969. The van der Waals surface area contributed by atoms with Gasteiger partial charge in [-0.1, -0.05) is 24.3 Å². The molecule has 0 spiro atoms. The molecule has 30 heavy (non-hydrogen) atoms. The van der Waals surface area contributed by atoms with Gasteiger partial charge in [-0.05, 0) is 44.0 Å². The number of amides is 1. The van der Waals surface area contributed by atoms with Crippen molar-refractivity contribution in [1.82, 2.24) is 24.9 Å². The third-order valence-electron chi connectivity index (χ3n) is 5.86. The minimum absolute atomic E-state index is 0.397. The number of hydrogen-bond donors (Lipinski definition) is 2. The van der Waals surface area contributed by atoms with Gasteiger partial charge < -0.3 is 15.3 Å². The average molecular weight is 402 g/mol. The van der Waals surface area contributed by atoms with Gasteiger partial charge in [0, 0.05) is 30.2 Å². The number of benzene rings is 1. The highest BCUT2D eigenvalue weighted by molar-refractivity contribution is 5.92. The fraction of sp³-hybridized carbons (Fsp3) is 0.273. The van der Waals surface area contributed by atoms with Gasteiger partial charge in [0.1, 0.15) is 5.69 Å². The molecular weight excluding hydrogens is 380 g/mol. The molecule has 8 nitrogen and oxygen atoms in total. The van der Waals surface area contributed by atoms with E-state index in [0.717, 1.165) is 53.9 Å². The van der Waals surface area contributed by atoms with E-state index >= 15 is 0 Å². The van der Waals surface area contributed by atoms with E-state index in [2.05, 4.69) is 38.6 Å². The van der Waals surface area contributed by atoms with Gasteiger partial charge in [0.2, 0.25) is 0 Å². The van der Waals surface area contributed by atoms with Crippen LogP contribution in [0.3, 0.4) is 0 Å². The first-order valence-corrected chi connectivity index (χ1v) is 9.98. The van der Waals surface area contributed by atoms with Crippen LogP contribution in [0.5, 0.6) is 0 Å². The number of nitrogens with zero attached hydrogens (tertiary/aromatic N) is 5. The topological polar surface area (TPSA) is 95.7 Å². The highest BCUT2D eigenvalue weighted by atomic mass is 16.4. The first kappa shape index (κ1) is 18.4. The Morgan fingerprint density at radius 2 is 1.90 bits per heavy atom. The number of carbonyl (C=O) groups is 1. The number of piperidine rings is 1. The molecule has 1 fully saturated rings. The van der Waals surface area contributed by atoms with E-state index in [1.807, 2.05) is 47.9 Å². The Labute approximate surface area is 173 Å². The van der Waals surface area contributed by atoms with Crippen LogP contribution >= 0.6 is 0 Å². The highest BCUT2D eigenvalue weighted by Gasteiger charge is 2.32. The van der Waals surface area contributed by atoms with Crippen LogP contribution in [-0.2, 0) is 0 Å². The molecule has 0 aliphatic carbocycles. The van der Waals surface area contributed by atoms with Gasteiger partial charge in [-0.2, -0.15) is 0 Å². The molecule has 0 radical (unpaired) electrons. The Kier molecular flexibility index (Phi) is 4.27. The van der Waals surface area contributed by atoms with Crippen LogP contribution in [0.4, 0.5) is 10.5 Å². The maximum absolute atomic E-state index is 11.1. The number of pyridine rings is 2. The van der Waals surface area contributed by atoms with E-state index in [9.17, 15) is 4.79 Å². The summed E-state index contributed by atoms with van der Waals surface area (Å²) in [7, 11) is 0. The van der Waals surface area contributed by atoms with Crippen LogP contribution < -0.4 is 10.2 Å². The van der Waals surface area contributed by atoms with E-state index in [1.165, 1.54) is 0 Å². The Morgan fingerprint density at radius 1 is 1.07 bits per heavy atom. The number of carboxylic acid groups (broad SMARTS) is 1. The molecule has 0 unspecified atom stereocenters. The van der Waals surface area contributed by atoms with Crippen molar-refractivity contribution in [3.05, 3.63) is 54.7 Å². The second-order valence-electron chi connectivity index (χ2n) is 7.98. The number of nitrogens with one attached hydrogen (secondary N) is 1. The summed E-state index contributed by atoms with van der Waals surface area (Å²) in [5.74, 6) is 0.708. The zero-order valence-electron chi connectivity index (χ0n) is 16.6. The lowest BCUT2D eigenvalue weighted by Crippen LogP contribution is -2.53.